The molecule has 0 radical (unpaired) electrons. The third-order valence-corrected chi connectivity index (χ3v) is 4.45. The van der Waals surface area contributed by atoms with Gasteiger partial charge in [-0.15, -0.1) is 11.3 Å². The first-order valence-electron chi connectivity index (χ1n) is 7.31. The van der Waals surface area contributed by atoms with Crippen LogP contribution in [0.15, 0.2) is 18.2 Å². The Balaban J connectivity index is 2.34. The largest absolute Gasteiger partial charge is 0.307 e. The standard InChI is InChI=1S/C17H23FN2S/c1-6-13-14(10-19-17(3,4)5)21-16(20-13)12-9-7-8-11(2)15(12)18/h7-9,19H,6,10H2,1-5H3. The number of aryl methyl sites for hydroxylation is 2. The molecule has 0 aliphatic carbocycles. The van der Waals surface area contributed by atoms with Gasteiger partial charge in [0.1, 0.15) is 10.8 Å². The summed E-state index contributed by atoms with van der Waals surface area (Å²) in [6.07, 6.45) is 0.866. The zero-order chi connectivity index (χ0) is 15.6. The van der Waals surface area contributed by atoms with Crippen molar-refractivity contribution in [3.8, 4) is 10.6 Å². The highest BCUT2D eigenvalue weighted by atomic mass is 32.1. The van der Waals surface area contributed by atoms with Gasteiger partial charge in [0.2, 0.25) is 0 Å². The quantitative estimate of drug-likeness (QED) is 0.885. The Morgan fingerprint density at radius 3 is 2.62 bits per heavy atom. The van der Waals surface area contributed by atoms with E-state index in [4.69, 9.17) is 0 Å². The van der Waals surface area contributed by atoms with Crippen molar-refractivity contribution in [3.05, 3.63) is 40.2 Å². The van der Waals surface area contributed by atoms with Gasteiger partial charge in [-0.2, -0.15) is 0 Å². The van der Waals surface area contributed by atoms with Crippen LogP contribution < -0.4 is 5.32 Å². The number of halogens is 1. The van der Waals surface area contributed by atoms with E-state index in [1.54, 1.807) is 24.3 Å². The minimum atomic E-state index is -0.163. The van der Waals surface area contributed by atoms with Crippen LogP contribution in [-0.4, -0.2) is 10.5 Å². The highest BCUT2D eigenvalue weighted by Gasteiger charge is 2.17. The zero-order valence-electron chi connectivity index (χ0n) is 13.4. The Kier molecular flexibility index (Phi) is 4.79. The van der Waals surface area contributed by atoms with E-state index in [1.165, 1.54) is 4.88 Å². The third kappa shape index (κ3) is 3.89. The van der Waals surface area contributed by atoms with Crippen molar-refractivity contribution < 1.29 is 4.39 Å². The van der Waals surface area contributed by atoms with Crippen molar-refractivity contribution in [3.63, 3.8) is 0 Å². The van der Waals surface area contributed by atoms with Gasteiger partial charge in [-0.25, -0.2) is 9.37 Å². The summed E-state index contributed by atoms with van der Waals surface area (Å²) in [6, 6.07) is 5.48. The van der Waals surface area contributed by atoms with Gasteiger partial charge in [-0.05, 0) is 45.7 Å². The van der Waals surface area contributed by atoms with Gasteiger partial charge < -0.3 is 5.32 Å². The lowest BCUT2D eigenvalue weighted by atomic mass is 10.1. The van der Waals surface area contributed by atoms with Gasteiger partial charge in [0.15, 0.2) is 0 Å². The number of rotatable bonds is 4. The Labute approximate surface area is 130 Å². The van der Waals surface area contributed by atoms with Crippen LogP contribution in [-0.2, 0) is 13.0 Å². The van der Waals surface area contributed by atoms with E-state index in [2.05, 4.69) is 38.0 Å². The first kappa shape index (κ1) is 16.1. The van der Waals surface area contributed by atoms with Gasteiger partial charge in [-0.1, -0.05) is 19.1 Å². The maximum atomic E-state index is 14.3. The summed E-state index contributed by atoms with van der Waals surface area (Å²) in [7, 11) is 0. The fraction of sp³-hybridized carbons (Fsp3) is 0.471. The van der Waals surface area contributed by atoms with E-state index in [9.17, 15) is 4.39 Å². The Bertz CT molecular complexity index is 626. The van der Waals surface area contributed by atoms with E-state index in [0.29, 0.717) is 11.1 Å². The summed E-state index contributed by atoms with van der Waals surface area (Å²) in [6.45, 7) is 11.1. The molecule has 1 heterocycles. The summed E-state index contributed by atoms with van der Waals surface area (Å²) >= 11 is 1.59. The van der Waals surface area contributed by atoms with E-state index >= 15 is 0 Å². The van der Waals surface area contributed by atoms with Gasteiger partial charge in [0.05, 0.1) is 5.69 Å². The van der Waals surface area contributed by atoms with E-state index in [0.717, 1.165) is 23.7 Å². The van der Waals surface area contributed by atoms with Crippen LogP contribution in [0.1, 0.15) is 43.8 Å². The molecule has 1 aromatic carbocycles. The Morgan fingerprint density at radius 2 is 2.00 bits per heavy atom. The maximum Gasteiger partial charge on any atom is 0.136 e. The molecule has 2 nitrogen and oxygen atoms in total. The van der Waals surface area contributed by atoms with Crippen molar-refractivity contribution in [2.45, 2.75) is 53.1 Å². The van der Waals surface area contributed by atoms with Crippen LogP contribution in [0.3, 0.4) is 0 Å². The molecule has 0 unspecified atom stereocenters. The minimum absolute atomic E-state index is 0.0593. The fourth-order valence-corrected chi connectivity index (χ4v) is 3.18. The van der Waals surface area contributed by atoms with Crippen molar-refractivity contribution in [1.29, 1.82) is 0 Å². The van der Waals surface area contributed by atoms with Gasteiger partial charge >= 0.3 is 0 Å². The number of benzene rings is 1. The van der Waals surface area contributed by atoms with Gasteiger partial charge in [0.25, 0.3) is 0 Å². The number of nitrogens with zero attached hydrogens (tertiary/aromatic N) is 1. The van der Waals surface area contributed by atoms with Crippen LogP contribution in [0, 0.1) is 12.7 Å². The number of hydrogen-bond donors (Lipinski definition) is 1. The SMILES string of the molecule is CCc1nc(-c2cccc(C)c2F)sc1CNC(C)(C)C. The molecule has 114 valence electrons. The summed E-state index contributed by atoms with van der Waals surface area (Å²) in [5.74, 6) is -0.163. The predicted molar refractivity (Wildman–Crippen MR) is 88.2 cm³/mol. The van der Waals surface area contributed by atoms with Crippen molar-refractivity contribution in [2.75, 3.05) is 0 Å². The maximum absolute atomic E-state index is 14.3. The van der Waals surface area contributed by atoms with Gasteiger partial charge in [0, 0.05) is 22.5 Å². The van der Waals surface area contributed by atoms with Crippen LogP contribution in [0.25, 0.3) is 10.6 Å². The lowest BCUT2D eigenvalue weighted by molar-refractivity contribution is 0.425. The molecule has 0 amide bonds. The van der Waals surface area contributed by atoms with Crippen LogP contribution in [0.2, 0.25) is 0 Å². The summed E-state index contributed by atoms with van der Waals surface area (Å²) in [4.78, 5) is 5.84. The van der Waals surface area contributed by atoms with Crippen LogP contribution in [0.4, 0.5) is 4.39 Å². The minimum Gasteiger partial charge on any atom is -0.307 e. The molecule has 0 saturated carbocycles. The van der Waals surface area contributed by atoms with Crippen molar-refractivity contribution in [2.24, 2.45) is 0 Å². The highest BCUT2D eigenvalue weighted by molar-refractivity contribution is 7.15. The lowest BCUT2D eigenvalue weighted by Crippen LogP contribution is -2.35. The molecule has 0 fully saturated rings. The predicted octanol–water partition coefficient (Wildman–Crippen LogP) is 4.71. The molecule has 1 N–H and O–H groups in total. The zero-order valence-corrected chi connectivity index (χ0v) is 14.2. The van der Waals surface area contributed by atoms with E-state index in [-0.39, 0.29) is 11.4 Å². The molecule has 2 aromatic rings. The second kappa shape index (κ2) is 6.24. The van der Waals surface area contributed by atoms with Crippen LogP contribution >= 0.6 is 11.3 Å². The van der Waals surface area contributed by atoms with E-state index in [1.807, 2.05) is 12.1 Å². The van der Waals surface area contributed by atoms with Crippen LogP contribution in [0.5, 0.6) is 0 Å². The fourth-order valence-electron chi connectivity index (χ4n) is 2.07. The average molecular weight is 306 g/mol. The Morgan fingerprint density at radius 1 is 1.29 bits per heavy atom. The topological polar surface area (TPSA) is 24.9 Å². The molecule has 0 aliphatic rings. The molecule has 0 atom stereocenters. The summed E-state index contributed by atoms with van der Waals surface area (Å²) in [5, 5.41) is 4.26. The average Bonchev–Trinajstić information content (AvgIpc) is 2.82. The second-order valence-corrected chi connectivity index (χ2v) is 7.37. The first-order chi connectivity index (χ1) is 9.81. The molecular weight excluding hydrogens is 283 g/mol. The monoisotopic (exact) mass is 306 g/mol. The molecule has 0 saturated heterocycles. The van der Waals surface area contributed by atoms with E-state index < -0.39 is 0 Å². The second-order valence-electron chi connectivity index (χ2n) is 6.28. The Hall–Kier alpha value is -1.26. The number of hydrogen-bond acceptors (Lipinski definition) is 3. The lowest BCUT2D eigenvalue weighted by Gasteiger charge is -2.20. The normalized spacial score (nSPS) is 11.9. The smallest absolute Gasteiger partial charge is 0.136 e. The summed E-state index contributed by atoms with van der Waals surface area (Å²) < 4.78 is 14.3. The highest BCUT2D eigenvalue weighted by Crippen LogP contribution is 2.31. The van der Waals surface area contributed by atoms with Crippen molar-refractivity contribution >= 4 is 11.3 Å². The molecule has 2 rings (SSSR count). The molecule has 1 aromatic heterocycles. The molecule has 21 heavy (non-hydrogen) atoms. The van der Waals surface area contributed by atoms with Crippen molar-refractivity contribution in [1.82, 2.24) is 10.3 Å². The van der Waals surface area contributed by atoms with Gasteiger partial charge in [-0.3, -0.25) is 0 Å². The molecule has 4 heteroatoms. The molecule has 0 aliphatic heterocycles. The number of aromatic nitrogens is 1. The number of thiazole rings is 1. The summed E-state index contributed by atoms with van der Waals surface area (Å²) in [5.41, 5.74) is 2.39. The molecule has 0 spiro atoms. The third-order valence-electron chi connectivity index (χ3n) is 3.31. The molecular formula is C17H23FN2S. The molecule has 0 bridgehead atoms. The first-order valence-corrected chi connectivity index (χ1v) is 8.12. The number of nitrogens with one attached hydrogen (secondary N) is 1.